The van der Waals surface area contributed by atoms with Gasteiger partial charge in [-0.3, -0.25) is 19.1 Å². The Morgan fingerprint density at radius 2 is 1.80 bits per heavy atom. The molecule has 3 amide bonds. The van der Waals surface area contributed by atoms with Gasteiger partial charge < -0.3 is 29.8 Å². The van der Waals surface area contributed by atoms with Crippen molar-refractivity contribution in [2.45, 2.75) is 95.4 Å². The number of nitrogens with one attached hydrogen (secondary N) is 2. The molecule has 1 saturated heterocycles. The Balaban J connectivity index is 1.21. The molecule has 0 bridgehead atoms. The molecule has 4 aromatic rings. The number of nitrogens with two attached hydrogens (primary N) is 1. The minimum Gasteiger partial charge on any atom is -0.491 e. The van der Waals surface area contributed by atoms with E-state index in [1.807, 2.05) is 83.1 Å². The predicted molar refractivity (Wildman–Crippen MR) is 202 cm³/mol. The molecule has 7 rings (SSSR count). The summed E-state index contributed by atoms with van der Waals surface area (Å²) in [5.41, 5.74) is 6.40. The number of likely N-dealkylation sites (tertiary alicyclic amines) is 1. The van der Waals surface area contributed by atoms with Crippen molar-refractivity contribution in [2.24, 2.45) is 17.1 Å². The number of hydrogen-bond donors (Lipinski definition) is 3. The lowest BCUT2D eigenvalue weighted by Gasteiger charge is -2.33. The number of amides is 3. The fourth-order valence-corrected chi connectivity index (χ4v) is 8.19. The van der Waals surface area contributed by atoms with Crippen LogP contribution in [0.5, 0.6) is 11.6 Å². The summed E-state index contributed by atoms with van der Waals surface area (Å²) in [5, 5.41) is 2.93. The summed E-state index contributed by atoms with van der Waals surface area (Å²) in [5.74, 6) is -1.25. The van der Waals surface area contributed by atoms with Gasteiger partial charge in [0.25, 0.3) is 11.8 Å². The first-order valence-corrected chi connectivity index (χ1v) is 19.7. The lowest BCUT2D eigenvalue weighted by atomic mass is 9.86. The molecule has 2 saturated carbocycles. The highest BCUT2D eigenvalue weighted by atomic mass is 32.2. The van der Waals surface area contributed by atoms with E-state index in [2.05, 4.69) is 16.6 Å². The molecule has 0 radical (unpaired) electrons. The van der Waals surface area contributed by atoms with Gasteiger partial charge in [0.1, 0.15) is 34.5 Å². The van der Waals surface area contributed by atoms with Crippen molar-refractivity contribution >= 4 is 49.8 Å². The van der Waals surface area contributed by atoms with Crippen molar-refractivity contribution in [1.82, 2.24) is 24.9 Å². The number of furan rings is 1. The number of hydrogen-bond acceptors (Lipinski definition) is 11. The maximum Gasteiger partial charge on any atom is 0.262 e. The predicted octanol–water partition coefficient (Wildman–Crippen LogP) is 4.22. The van der Waals surface area contributed by atoms with Gasteiger partial charge >= 0.3 is 0 Å². The van der Waals surface area contributed by atoms with Crippen molar-refractivity contribution in [1.29, 1.82) is 0 Å². The monoisotopic (exact) mass is 758 g/mol. The highest BCUT2D eigenvalue weighted by Gasteiger charge is 2.62. The van der Waals surface area contributed by atoms with Crippen LogP contribution < -0.4 is 25.2 Å². The van der Waals surface area contributed by atoms with E-state index < -0.39 is 68.1 Å². The molecule has 2 aromatic carbocycles. The molecular weight excluding hydrogens is 713 g/mol. The maximum absolute atomic E-state index is 14.2. The van der Waals surface area contributed by atoms with E-state index in [1.54, 1.807) is 0 Å². The van der Waals surface area contributed by atoms with Gasteiger partial charge in [0.15, 0.2) is 5.82 Å². The highest BCUT2D eigenvalue weighted by molar-refractivity contribution is 7.91. The van der Waals surface area contributed by atoms with Crippen molar-refractivity contribution < 1.29 is 36.7 Å². The average molecular weight is 759 g/mol. The van der Waals surface area contributed by atoms with Crippen LogP contribution in [0.2, 0.25) is 0 Å². The van der Waals surface area contributed by atoms with Crippen molar-refractivity contribution in [3.8, 4) is 23.0 Å². The van der Waals surface area contributed by atoms with Gasteiger partial charge in [0.05, 0.1) is 23.9 Å². The fourth-order valence-electron chi connectivity index (χ4n) is 6.83. The Hall–Kier alpha value is -5.02. The number of fused-ring (bicyclic) bond motifs is 3. The van der Waals surface area contributed by atoms with Gasteiger partial charge in [-0.15, -0.1) is 6.58 Å². The Kier molecular flexibility index (Phi) is 9.45. The van der Waals surface area contributed by atoms with Gasteiger partial charge in [0, 0.05) is 23.3 Å². The van der Waals surface area contributed by atoms with Crippen LogP contribution in [0.1, 0.15) is 60.3 Å². The van der Waals surface area contributed by atoms with E-state index in [9.17, 15) is 22.8 Å². The second-order valence-corrected chi connectivity index (χ2v) is 17.8. The summed E-state index contributed by atoms with van der Waals surface area (Å²) >= 11 is 0. The zero-order valence-corrected chi connectivity index (χ0v) is 31.8. The number of aromatic nitrogens is 2. The first-order chi connectivity index (χ1) is 25.5. The van der Waals surface area contributed by atoms with E-state index >= 15 is 0 Å². The number of ether oxygens (including phenoxy) is 2. The fraction of sp³-hybridized carbons (Fsp3) is 0.462. The number of rotatable bonds is 12. The molecule has 54 heavy (non-hydrogen) atoms. The van der Waals surface area contributed by atoms with Crippen LogP contribution in [0.15, 0.2) is 65.6 Å². The molecular formula is C39H46N6O8S. The lowest BCUT2D eigenvalue weighted by Crippen LogP contribution is -2.59. The molecule has 3 heterocycles. The minimum absolute atomic E-state index is 0.00121. The van der Waals surface area contributed by atoms with Gasteiger partial charge in [-0.1, -0.05) is 39.0 Å². The molecule has 286 valence electrons. The Morgan fingerprint density at radius 1 is 1.09 bits per heavy atom. The molecule has 3 aliphatic rings. The molecule has 1 aliphatic heterocycles. The summed E-state index contributed by atoms with van der Waals surface area (Å²) in [4.78, 5) is 52.7. The standard InChI is InChI=1S/C39H46N6O8S/c1-7-23-19-39(23,37(48)44-54(49,50)26-16-17-26)43-34(46)28-18-25(20-45(28)36(47)32(40)38(4,5)6)52-35-31-30(27-10-8-9-11-29(27)53-31)41-33(42-35)22-12-14-24(15-13-22)51-21(2)3/h7-15,21,23,25-26,28,32H,1,16-20,40H2,2-6H3,(H,43,46)(H,44,48)/t23-,25-,28+,32?,39?/m1/s1. The van der Waals surface area contributed by atoms with Crippen LogP contribution in [0, 0.1) is 11.3 Å². The molecule has 2 aromatic heterocycles. The molecule has 14 nitrogen and oxygen atoms in total. The molecule has 5 atom stereocenters. The van der Waals surface area contributed by atoms with E-state index in [0.29, 0.717) is 46.7 Å². The molecule has 3 fully saturated rings. The van der Waals surface area contributed by atoms with Crippen LogP contribution in [0.25, 0.3) is 33.5 Å². The van der Waals surface area contributed by atoms with Crippen molar-refractivity contribution in [2.75, 3.05) is 6.54 Å². The third-order valence-electron chi connectivity index (χ3n) is 10.2. The van der Waals surface area contributed by atoms with Gasteiger partial charge in [0.2, 0.25) is 27.4 Å². The molecule has 4 N–H and O–H groups in total. The smallest absolute Gasteiger partial charge is 0.262 e. The Bertz CT molecular complexity index is 2240. The van der Waals surface area contributed by atoms with Crippen LogP contribution >= 0.6 is 0 Å². The number of sulfonamides is 1. The number of para-hydroxylation sites is 1. The van der Waals surface area contributed by atoms with Gasteiger partial charge in [-0.2, -0.15) is 4.98 Å². The topological polar surface area (TPSA) is 196 Å². The van der Waals surface area contributed by atoms with Gasteiger partial charge in [-0.25, -0.2) is 13.4 Å². The number of carbonyl (C=O) groups is 3. The van der Waals surface area contributed by atoms with Crippen LogP contribution in [-0.2, 0) is 24.4 Å². The van der Waals surface area contributed by atoms with Crippen LogP contribution in [0.3, 0.4) is 0 Å². The second kappa shape index (κ2) is 13.7. The lowest BCUT2D eigenvalue weighted by molar-refractivity contribution is -0.142. The summed E-state index contributed by atoms with van der Waals surface area (Å²) < 4.78 is 46.1. The first-order valence-electron chi connectivity index (χ1n) is 18.2. The number of carbonyl (C=O) groups excluding carboxylic acids is 3. The third kappa shape index (κ3) is 7.14. The molecule has 2 unspecified atom stereocenters. The zero-order valence-electron chi connectivity index (χ0n) is 31.0. The Labute approximate surface area is 313 Å². The van der Waals surface area contributed by atoms with Crippen LogP contribution in [0.4, 0.5) is 0 Å². The minimum atomic E-state index is -3.88. The summed E-state index contributed by atoms with van der Waals surface area (Å²) in [6.07, 6.45) is 1.87. The number of nitrogens with zero attached hydrogens (tertiary/aromatic N) is 3. The van der Waals surface area contributed by atoms with Gasteiger partial charge in [-0.05, 0) is 74.9 Å². The van der Waals surface area contributed by atoms with Crippen molar-refractivity contribution in [3.63, 3.8) is 0 Å². The van der Waals surface area contributed by atoms with E-state index in [0.717, 1.165) is 5.39 Å². The molecule has 0 spiro atoms. The summed E-state index contributed by atoms with van der Waals surface area (Å²) in [7, 11) is -3.88. The van der Waals surface area contributed by atoms with Crippen molar-refractivity contribution in [3.05, 3.63) is 61.2 Å². The summed E-state index contributed by atoms with van der Waals surface area (Å²) in [6.45, 7) is 13.1. The van der Waals surface area contributed by atoms with E-state index in [4.69, 9.17) is 29.6 Å². The highest BCUT2D eigenvalue weighted by Crippen LogP contribution is 2.46. The SMILES string of the molecule is C=C[C@@H]1CC1(NC(=O)[C@@H]1C[C@@H](Oc2nc(-c3ccc(OC(C)C)cc3)nc3c2oc2ccccc23)CN1C(=O)C(N)C(C)(C)C)C(=O)NS(=O)(=O)C1CC1. The van der Waals surface area contributed by atoms with E-state index in [1.165, 1.54) is 11.0 Å². The normalized spacial score (nSPS) is 23.3. The number of benzene rings is 2. The third-order valence-corrected chi connectivity index (χ3v) is 12.1. The molecule has 2 aliphatic carbocycles. The molecule has 15 heteroatoms. The second-order valence-electron chi connectivity index (χ2n) is 15.8. The largest absolute Gasteiger partial charge is 0.491 e. The zero-order chi connectivity index (χ0) is 38.7. The Morgan fingerprint density at radius 3 is 2.43 bits per heavy atom. The summed E-state index contributed by atoms with van der Waals surface area (Å²) in [6, 6.07) is 12.7. The maximum atomic E-state index is 14.2. The average Bonchev–Trinajstić information content (AvgIpc) is 4.02. The quantitative estimate of drug-likeness (QED) is 0.175. The first kappa shape index (κ1) is 37.3. The van der Waals surface area contributed by atoms with Crippen LogP contribution in [-0.4, -0.2) is 82.6 Å². The van der Waals surface area contributed by atoms with E-state index in [-0.39, 0.29) is 31.4 Å².